The fourth-order valence-corrected chi connectivity index (χ4v) is 2.21. The van der Waals surface area contributed by atoms with Crippen LogP contribution in [0, 0.1) is 5.92 Å². The molecule has 1 N–H and O–H groups in total. The molecule has 4 nitrogen and oxygen atoms in total. The molecule has 0 saturated heterocycles. The van der Waals surface area contributed by atoms with Crippen LogP contribution < -0.4 is 0 Å². The molecule has 5 heteroatoms. The van der Waals surface area contributed by atoms with Crippen molar-refractivity contribution in [2.45, 2.75) is 32.1 Å². The first-order valence-corrected chi connectivity index (χ1v) is 5.47. The van der Waals surface area contributed by atoms with Crippen LogP contribution in [-0.2, 0) is 14.9 Å². The summed E-state index contributed by atoms with van der Waals surface area (Å²) in [7, 11) is -4.44. The van der Waals surface area contributed by atoms with Gasteiger partial charge in [-0.25, -0.2) is 0 Å². The molecule has 0 atom stereocenters. The summed E-state index contributed by atoms with van der Waals surface area (Å²) in [5.41, 5.74) is 0. The molecular weight excluding hydrogens is 180 g/mol. The topological polar surface area (TPSA) is 71.4 Å². The van der Waals surface area contributed by atoms with Gasteiger partial charge in [0.2, 0.25) is 0 Å². The van der Waals surface area contributed by atoms with Gasteiger partial charge in [-0.05, 0) is 12.8 Å². The Kier molecular flexibility index (Phi) is 2.85. The van der Waals surface area contributed by atoms with Gasteiger partial charge in [-0.15, -0.1) is 0 Å². The third-order valence-electron chi connectivity index (χ3n) is 2.19. The lowest BCUT2D eigenvalue weighted by molar-refractivity contribution is -0.116. The Morgan fingerprint density at radius 2 is 1.67 bits per heavy atom. The molecule has 0 aliphatic heterocycles. The minimum atomic E-state index is -4.44. The van der Waals surface area contributed by atoms with Gasteiger partial charge in [-0.2, -0.15) is 8.42 Å². The number of carbonyl (C=O) groups excluding carboxylic acids is 1. The van der Waals surface area contributed by atoms with Crippen molar-refractivity contribution in [1.82, 2.24) is 0 Å². The summed E-state index contributed by atoms with van der Waals surface area (Å²) in [5, 5.41) is -0.998. The van der Waals surface area contributed by atoms with Gasteiger partial charge < -0.3 is 0 Å². The monoisotopic (exact) mass is 192 g/mol. The molecule has 0 bridgehead atoms. The van der Waals surface area contributed by atoms with E-state index in [1.165, 1.54) is 0 Å². The van der Waals surface area contributed by atoms with Crippen LogP contribution in [-0.4, -0.2) is 18.1 Å². The zero-order chi connectivity index (χ0) is 9.19. The average molecular weight is 192 g/mol. The van der Waals surface area contributed by atoms with Crippen molar-refractivity contribution >= 4 is 15.2 Å². The van der Waals surface area contributed by atoms with Gasteiger partial charge in [0, 0.05) is 5.92 Å². The lowest BCUT2D eigenvalue weighted by Gasteiger charge is -2.18. The van der Waals surface area contributed by atoms with Crippen LogP contribution in [0.2, 0.25) is 0 Å². The van der Waals surface area contributed by atoms with Gasteiger partial charge in [-0.3, -0.25) is 9.35 Å². The maximum Gasteiger partial charge on any atom is 0.329 e. The molecule has 0 spiro atoms. The molecule has 1 aliphatic carbocycles. The minimum Gasteiger partial charge on any atom is -0.280 e. The lowest BCUT2D eigenvalue weighted by Crippen LogP contribution is -2.25. The van der Waals surface area contributed by atoms with E-state index in [0.29, 0.717) is 12.8 Å². The molecule has 0 aromatic carbocycles. The molecule has 1 saturated carbocycles. The third-order valence-corrected chi connectivity index (χ3v) is 3.03. The average Bonchev–Trinajstić information content (AvgIpc) is 2.03. The van der Waals surface area contributed by atoms with Crippen molar-refractivity contribution in [2.75, 3.05) is 0 Å². The molecule has 1 aliphatic rings. The Bertz CT molecular complexity index is 261. The summed E-state index contributed by atoms with van der Waals surface area (Å²) in [6.07, 6.45) is 4.00. The second kappa shape index (κ2) is 3.53. The molecule has 0 heterocycles. The van der Waals surface area contributed by atoms with Crippen LogP contribution >= 0.6 is 0 Å². The van der Waals surface area contributed by atoms with Crippen molar-refractivity contribution in [3.63, 3.8) is 0 Å². The molecular formula is C7H12O4S. The normalized spacial score (nSPS) is 20.8. The summed E-state index contributed by atoms with van der Waals surface area (Å²) in [6, 6.07) is 0. The van der Waals surface area contributed by atoms with E-state index >= 15 is 0 Å². The number of hydrogen-bond acceptors (Lipinski definition) is 3. The second-order valence-electron chi connectivity index (χ2n) is 3.13. The highest BCUT2D eigenvalue weighted by Crippen LogP contribution is 2.25. The van der Waals surface area contributed by atoms with Crippen molar-refractivity contribution in [1.29, 1.82) is 0 Å². The molecule has 1 rings (SSSR count). The van der Waals surface area contributed by atoms with Gasteiger partial charge in [0.1, 0.15) is 0 Å². The lowest BCUT2D eigenvalue weighted by atomic mass is 9.90. The van der Waals surface area contributed by atoms with E-state index in [2.05, 4.69) is 0 Å². The molecule has 0 aromatic rings. The van der Waals surface area contributed by atoms with Crippen molar-refractivity contribution < 1.29 is 17.8 Å². The fourth-order valence-electron chi connectivity index (χ4n) is 1.55. The Morgan fingerprint density at radius 1 is 1.17 bits per heavy atom. The molecule has 0 radical (unpaired) electrons. The van der Waals surface area contributed by atoms with E-state index in [1.807, 2.05) is 0 Å². The van der Waals surface area contributed by atoms with Crippen molar-refractivity contribution in [2.24, 2.45) is 5.92 Å². The summed E-state index contributed by atoms with van der Waals surface area (Å²) >= 11 is 0. The SMILES string of the molecule is O=C(C1CCCCC1)S(=O)(=O)O. The smallest absolute Gasteiger partial charge is 0.280 e. The van der Waals surface area contributed by atoms with Gasteiger partial charge in [-0.1, -0.05) is 19.3 Å². The third kappa shape index (κ3) is 2.28. The molecule has 0 unspecified atom stereocenters. The van der Waals surface area contributed by atoms with Crippen molar-refractivity contribution in [3.8, 4) is 0 Å². The largest absolute Gasteiger partial charge is 0.329 e. The van der Waals surface area contributed by atoms with Crippen LogP contribution in [0.1, 0.15) is 32.1 Å². The van der Waals surface area contributed by atoms with E-state index in [0.717, 1.165) is 19.3 Å². The number of hydrogen-bond donors (Lipinski definition) is 1. The first-order chi connectivity index (χ1) is 5.52. The van der Waals surface area contributed by atoms with E-state index in [4.69, 9.17) is 4.55 Å². The maximum absolute atomic E-state index is 11.0. The Morgan fingerprint density at radius 3 is 2.08 bits per heavy atom. The second-order valence-corrected chi connectivity index (χ2v) is 4.48. The predicted molar refractivity (Wildman–Crippen MR) is 43.1 cm³/mol. The van der Waals surface area contributed by atoms with Gasteiger partial charge in [0.15, 0.2) is 0 Å². The van der Waals surface area contributed by atoms with E-state index in [1.54, 1.807) is 0 Å². The maximum atomic E-state index is 11.0. The predicted octanol–water partition coefficient (Wildman–Crippen LogP) is 0.981. The summed E-state index contributed by atoms with van der Waals surface area (Å²) in [4.78, 5) is 11.0. The van der Waals surface area contributed by atoms with E-state index < -0.39 is 21.2 Å². The highest BCUT2D eigenvalue weighted by molar-refractivity contribution is 8.01. The fraction of sp³-hybridized carbons (Fsp3) is 0.857. The van der Waals surface area contributed by atoms with Crippen LogP contribution in [0.15, 0.2) is 0 Å². The Labute approximate surface area is 71.7 Å². The zero-order valence-electron chi connectivity index (χ0n) is 6.69. The minimum absolute atomic E-state index is 0.464. The molecule has 0 amide bonds. The highest BCUT2D eigenvalue weighted by Gasteiger charge is 2.29. The quantitative estimate of drug-likeness (QED) is 0.628. The molecule has 70 valence electrons. The number of rotatable bonds is 1. The van der Waals surface area contributed by atoms with Crippen molar-refractivity contribution in [3.05, 3.63) is 0 Å². The first kappa shape index (κ1) is 9.67. The highest BCUT2D eigenvalue weighted by atomic mass is 32.2. The van der Waals surface area contributed by atoms with Gasteiger partial charge in [0.05, 0.1) is 0 Å². The molecule has 1 fully saturated rings. The molecule has 0 aromatic heterocycles. The van der Waals surface area contributed by atoms with Crippen LogP contribution in [0.5, 0.6) is 0 Å². The zero-order valence-corrected chi connectivity index (χ0v) is 7.51. The van der Waals surface area contributed by atoms with E-state index in [9.17, 15) is 13.2 Å². The van der Waals surface area contributed by atoms with Crippen LogP contribution in [0.4, 0.5) is 0 Å². The van der Waals surface area contributed by atoms with Gasteiger partial charge >= 0.3 is 10.1 Å². The summed E-state index contributed by atoms with van der Waals surface area (Å²) < 4.78 is 29.3. The van der Waals surface area contributed by atoms with Crippen LogP contribution in [0.3, 0.4) is 0 Å². The first-order valence-electron chi connectivity index (χ1n) is 4.03. The van der Waals surface area contributed by atoms with Gasteiger partial charge in [0.25, 0.3) is 5.12 Å². The molecule has 12 heavy (non-hydrogen) atoms. The Hall–Kier alpha value is -0.420. The van der Waals surface area contributed by atoms with Crippen LogP contribution in [0.25, 0.3) is 0 Å². The van der Waals surface area contributed by atoms with E-state index in [-0.39, 0.29) is 0 Å². The standard InChI is InChI=1S/C7H12O4S/c8-7(12(9,10)11)6-4-2-1-3-5-6/h6H,1-5H2,(H,9,10,11). The summed E-state index contributed by atoms with van der Waals surface area (Å²) in [6.45, 7) is 0. The number of carbonyl (C=O) groups is 1. The Balaban J connectivity index is 2.64. The summed E-state index contributed by atoms with van der Waals surface area (Å²) in [5.74, 6) is -0.464.